The van der Waals surface area contributed by atoms with E-state index < -0.39 is 0 Å². The maximum atomic E-state index is 13.4. The topological polar surface area (TPSA) is 24.9 Å². The van der Waals surface area contributed by atoms with Crippen LogP contribution < -0.4 is 5.32 Å². The van der Waals surface area contributed by atoms with Crippen LogP contribution in [0, 0.1) is 5.82 Å². The molecular formula is C16H18BrFN2. The zero-order valence-electron chi connectivity index (χ0n) is 11.4. The third kappa shape index (κ3) is 4.12. The molecule has 0 saturated heterocycles. The number of rotatable bonds is 6. The van der Waals surface area contributed by atoms with Crippen molar-refractivity contribution in [2.24, 2.45) is 0 Å². The first kappa shape index (κ1) is 15.1. The molecule has 106 valence electrons. The van der Waals surface area contributed by atoms with Crippen molar-refractivity contribution in [2.45, 2.75) is 25.8 Å². The number of nitrogens with one attached hydrogen (secondary N) is 1. The Bertz CT molecular complexity index is 545. The van der Waals surface area contributed by atoms with Gasteiger partial charge < -0.3 is 5.32 Å². The molecular weight excluding hydrogens is 319 g/mol. The first-order chi connectivity index (χ1) is 9.70. The molecule has 0 saturated carbocycles. The van der Waals surface area contributed by atoms with E-state index in [-0.39, 0.29) is 11.9 Å². The minimum atomic E-state index is -0.205. The smallest absolute Gasteiger partial charge is 0.123 e. The molecule has 0 aliphatic carbocycles. The fourth-order valence-corrected chi connectivity index (χ4v) is 2.54. The second-order valence-corrected chi connectivity index (χ2v) is 5.59. The van der Waals surface area contributed by atoms with Gasteiger partial charge in [0, 0.05) is 22.9 Å². The van der Waals surface area contributed by atoms with E-state index in [9.17, 15) is 4.39 Å². The lowest BCUT2D eigenvalue weighted by atomic mass is 10.00. The zero-order chi connectivity index (χ0) is 14.4. The molecule has 0 aliphatic rings. The van der Waals surface area contributed by atoms with E-state index in [4.69, 9.17) is 0 Å². The van der Waals surface area contributed by atoms with Crippen LogP contribution >= 0.6 is 15.9 Å². The van der Waals surface area contributed by atoms with Gasteiger partial charge in [-0.15, -0.1) is 0 Å². The fourth-order valence-electron chi connectivity index (χ4n) is 2.13. The number of benzene rings is 1. The fraction of sp³-hybridized carbons (Fsp3) is 0.312. The average Bonchev–Trinajstić information content (AvgIpc) is 2.48. The monoisotopic (exact) mass is 336 g/mol. The van der Waals surface area contributed by atoms with Gasteiger partial charge in [0.1, 0.15) is 5.82 Å². The lowest BCUT2D eigenvalue weighted by Gasteiger charge is -2.19. The average molecular weight is 337 g/mol. The summed E-state index contributed by atoms with van der Waals surface area (Å²) in [4.78, 5) is 4.17. The van der Waals surface area contributed by atoms with E-state index >= 15 is 0 Å². The van der Waals surface area contributed by atoms with E-state index in [1.807, 2.05) is 18.3 Å². The van der Waals surface area contributed by atoms with Crippen molar-refractivity contribution in [1.29, 1.82) is 0 Å². The van der Waals surface area contributed by atoms with Crippen molar-refractivity contribution in [3.05, 3.63) is 64.1 Å². The van der Waals surface area contributed by atoms with Crippen LogP contribution in [0.4, 0.5) is 4.39 Å². The molecule has 2 rings (SSSR count). The summed E-state index contributed by atoms with van der Waals surface area (Å²) in [5.41, 5.74) is 2.08. The first-order valence-electron chi connectivity index (χ1n) is 6.78. The molecule has 0 fully saturated rings. The van der Waals surface area contributed by atoms with Gasteiger partial charge >= 0.3 is 0 Å². The van der Waals surface area contributed by atoms with Crippen LogP contribution in [-0.4, -0.2) is 11.5 Å². The van der Waals surface area contributed by atoms with Gasteiger partial charge in [0.05, 0.1) is 0 Å². The highest BCUT2D eigenvalue weighted by Gasteiger charge is 2.14. The third-order valence-electron chi connectivity index (χ3n) is 3.16. The van der Waals surface area contributed by atoms with E-state index in [2.05, 4.69) is 33.2 Å². The molecule has 1 aromatic heterocycles. The Kier molecular flexibility index (Phi) is 5.68. The van der Waals surface area contributed by atoms with Gasteiger partial charge in [-0.2, -0.15) is 0 Å². The Morgan fingerprint density at radius 1 is 1.35 bits per heavy atom. The number of pyridine rings is 1. The summed E-state index contributed by atoms with van der Waals surface area (Å²) >= 11 is 3.49. The lowest BCUT2D eigenvalue weighted by molar-refractivity contribution is 0.525. The summed E-state index contributed by atoms with van der Waals surface area (Å²) in [5.74, 6) is -0.205. The molecule has 1 aromatic carbocycles. The zero-order valence-corrected chi connectivity index (χ0v) is 13.0. The summed E-state index contributed by atoms with van der Waals surface area (Å²) < 4.78 is 14.3. The molecule has 2 nitrogen and oxygen atoms in total. The quantitative estimate of drug-likeness (QED) is 0.852. The molecule has 20 heavy (non-hydrogen) atoms. The summed E-state index contributed by atoms with van der Waals surface area (Å²) in [5, 5.41) is 3.50. The largest absolute Gasteiger partial charge is 0.310 e. The molecule has 1 N–H and O–H groups in total. The molecule has 0 bridgehead atoms. The van der Waals surface area contributed by atoms with Gasteiger partial charge in [0.15, 0.2) is 0 Å². The molecule has 1 heterocycles. The molecule has 0 radical (unpaired) electrons. The van der Waals surface area contributed by atoms with Crippen LogP contribution in [0.5, 0.6) is 0 Å². The third-order valence-corrected chi connectivity index (χ3v) is 3.93. The van der Waals surface area contributed by atoms with Crippen LogP contribution in [0.15, 0.2) is 47.2 Å². The second kappa shape index (κ2) is 7.50. The summed E-state index contributed by atoms with van der Waals surface area (Å²) in [7, 11) is 0. The minimum absolute atomic E-state index is 0.141. The number of aromatic nitrogens is 1. The molecule has 0 spiro atoms. The van der Waals surface area contributed by atoms with Crippen molar-refractivity contribution in [3.8, 4) is 0 Å². The Balaban J connectivity index is 2.21. The second-order valence-electron chi connectivity index (χ2n) is 4.73. The van der Waals surface area contributed by atoms with Crippen molar-refractivity contribution in [3.63, 3.8) is 0 Å². The van der Waals surface area contributed by atoms with E-state index in [0.717, 1.165) is 35.0 Å². The summed E-state index contributed by atoms with van der Waals surface area (Å²) in [6.07, 6.45) is 5.41. The van der Waals surface area contributed by atoms with E-state index in [1.54, 1.807) is 18.3 Å². The minimum Gasteiger partial charge on any atom is -0.310 e. The van der Waals surface area contributed by atoms with Crippen molar-refractivity contribution >= 4 is 15.9 Å². The Morgan fingerprint density at radius 3 is 2.90 bits per heavy atom. The standard InChI is InChI=1S/C16H18BrFN2/c1-2-7-20-16(12-4-3-8-19-11-12)10-13-9-14(18)5-6-15(13)17/h3-6,8-9,11,16,20H,2,7,10H2,1H3. The molecule has 1 atom stereocenters. The van der Waals surface area contributed by atoms with E-state index in [0.29, 0.717) is 0 Å². The van der Waals surface area contributed by atoms with Gasteiger partial charge in [-0.3, -0.25) is 4.98 Å². The van der Waals surface area contributed by atoms with Crippen LogP contribution in [0.2, 0.25) is 0 Å². The van der Waals surface area contributed by atoms with Crippen molar-refractivity contribution in [2.75, 3.05) is 6.54 Å². The van der Waals surface area contributed by atoms with Crippen LogP contribution in [-0.2, 0) is 6.42 Å². The predicted octanol–water partition coefficient (Wildman–Crippen LogP) is 4.27. The normalized spacial score (nSPS) is 12.3. The maximum Gasteiger partial charge on any atom is 0.123 e. The first-order valence-corrected chi connectivity index (χ1v) is 7.57. The Labute approximate surface area is 127 Å². The van der Waals surface area contributed by atoms with Crippen molar-refractivity contribution < 1.29 is 4.39 Å². The van der Waals surface area contributed by atoms with Gasteiger partial charge in [-0.1, -0.05) is 28.9 Å². The highest BCUT2D eigenvalue weighted by atomic mass is 79.9. The molecule has 0 aliphatic heterocycles. The maximum absolute atomic E-state index is 13.4. The van der Waals surface area contributed by atoms with Gasteiger partial charge in [-0.05, 0) is 54.8 Å². The van der Waals surface area contributed by atoms with Crippen LogP contribution in [0.3, 0.4) is 0 Å². The van der Waals surface area contributed by atoms with Gasteiger partial charge in [0.2, 0.25) is 0 Å². The number of hydrogen-bond donors (Lipinski definition) is 1. The molecule has 4 heteroatoms. The number of halogens is 2. The van der Waals surface area contributed by atoms with Gasteiger partial charge in [-0.25, -0.2) is 4.39 Å². The van der Waals surface area contributed by atoms with Crippen LogP contribution in [0.1, 0.15) is 30.5 Å². The molecule has 0 amide bonds. The number of nitrogens with zero attached hydrogens (tertiary/aromatic N) is 1. The van der Waals surface area contributed by atoms with Crippen molar-refractivity contribution in [1.82, 2.24) is 10.3 Å². The van der Waals surface area contributed by atoms with Gasteiger partial charge in [0.25, 0.3) is 0 Å². The van der Waals surface area contributed by atoms with E-state index in [1.165, 1.54) is 6.07 Å². The SMILES string of the molecule is CCCNC(Cc1cc(F)ccc1Br)c1cccnc1. The summed E-state index contributed by atoms with van der Waals surface area (Å²) in [6, 6.07) is 8.92. The number of hydrogen-bond acceptors (Lipinski definition) is 2. The predicted molar refractivity (Wildman–Crippen MR) is 83.1 cm³/mol. The van der Waals surface area contributed by atoms with Crippen LogP contribution in [0.25, 0.3) is 0 Å². The Morgan fingerprint density at radius 2 is 2.20 bits per heavy atom. The molecule has 1 unspecified atom stereocenters. The summed E-state index contributed by atoms with van der Waals surface area (Å²) in [6.45, 7) is 3.05. The Hall–Kier alpha value is -1.26. The highest BCUT2D eigenvalue weighted by Crippen LogP contribution is 2.24. The lowest BCUT2D eigenvalue weighted by Crippen LogP contribution is -2.24. The highest BCUT2D eigenvalue weighted by molar-refractivity contribution is 9.10. The molecule has 2 aromatic rings.